The molecule has 3 nitrogen and oxygen atoms in total. The Bertz CT molecular complexity index is 305. The predicted molar refractivity (Wildman–Crippen MR) is 73.1 cm³/mol. The van der Waals surface area contributed by atoms with Crippen LogP contribution in [0.4, 0.5) is 10.1 Å². The maximum absolute atomic E-state index is 5.76. The molecule has 1 heterocycles. The van der Waals surface area contributed by atoms with Crippen LogP contribution in [0.25, 0.3) is 0 Å². The van der Waals surface area contributed by atoms with Crippen LogP contribution in [0.15, 0.2) is 6.20 Å². The number of nitrogens with zero attached hydrogens (tertiary/aromatic N) is 2. The van der Waals surface area contributed by atoms with Crippen molar-refractivity contribution in [3.05, 3.63) is 6.20 Å². The van der Waals surface area contributed by atoms with Crippen LogP contribution in [0.1, 0.15) is 40.5 Å². The van der Waals surface area contributed by atoms with E-state index in [1.165, 1.54) is 0 Å². The molecule has 0 amide bonds. The van der Waals surface area contributed by atoms with Crippen molar-refractivity contribution in [3.63, 3.8) is 0 Å². The zero-order valence-corrected chi connectivity index (χ0v) is 11.5. The van der Waals surface area contributed by atoms with Gasteiger partial charge in [0.2, 0.25) is 0 Å². The Kier molecular flexibility index (Phi) is 5.06. The fourth-order valence-electron chi connectivity index (χ4n) is 1.92. The van der Waals surface area contributed by atoms with Gasteiger partial charge in [-0.3, -0.25) is 0 Å². The maximum atomic E-state index is 5.76. The van der Waals surface area contributed by atoms with Crippen molar-refractivity contribution in [1.29, 1.82) is 0 Å². The third-order valence-corrected chi connectivity index (χ3v) is 3.57. The zero-order valence-electron chi connectivity index (χ0n) is 10.7. The normalized spacial score (nSPS) is 11.4. The molecule has 1 aromatic heterocycles. The zero-order chi connectivity index (χ0) is 12.1. The highest BCUT2D eigenvalue weighted by Crippen LogP contribution is 2.28. The topological polar surface area (TPSA) is 42.2 Å². The number of aromatic nitrogens is 1. The van der Waals surface area contributed by atoms with Crippen molar-refractivity contribution >= 4 is 21.5 Å². The Morgan fingerprint density at radius 3 is 2.38 bits per heavy atom. The highest BCUT2D eigenvalue weighted by atomic mass is 32.1. The Balaban J connectivity index is 2.85. The molecule has 92 valence electrons. The molecule has 1 rings (SSSR count). The molecule has 0 atom stereocenters. The molecule has 2 N–H and O–H groups in total. The van der Waals surface area contributed by atoms with Gasteiger partial charge >= 0.3 is 0 Å². The molecule has 0 radical (unpaired) electrons. The van der Waals surface area contributed by atoms with Gasteiger partial charge in [0, 0.05) is 12.6 Å². The molecule has 4 heteroatoms. The van der Waals surface area contributed by atoms with E-state index in [2.05, 4.69) is 37.6 Å². The Morgan fingerprint density at radius 2 is 2.00 bits per heavy atom. The summed E-state index contributed by atoms with van der Waals surface area (Å²) in [6, 6.07) is 0.577. The monoisotopic (exact) mass is 241 g/mol. The Hall–Kier alpha value is -0.770. The van der Waals surface area contributed by atoms with Crippen molar-refractivity contribution < 1.29 is 0 Å². The van der Waals surface area contributed by atoms with Crippen LogP contribution in [-0.2, 0) is 0 Å². The van der Waals surface area contributed by atoms with Crippen LogP contribution in [0.3, 0.4) is 0 Å². The van der Waals surface area contributed by atoms with Crippen molar-refractivity contribution in [2.75, 3.05) is 17.2 Å². The van der Waals surface area contributed by atoms with Crippen LogP contribution in [-0.4, -0.2) is 17.6 Å². The molecule has 0 saturated heterocycles. The molecule has 0 aliphatic carbocycles. The van der Waals surface area contributed by atoms with Crippen molar-refractivity contribution in [1.82, 2.24) is 4.98 Å². The lowest BCUT2D eigenvalue weighted by Crippen LogP contribution is -2.37. The van der Waals surface area contributed by atoms with Gasteiger partial charge < -0.3 is 10.6 Å². The van der Waals surface area contributed by atoms with Gasteiger partial charge in [0.15, 0.2) is 5.13 Å². The molecule has 0 aliphatic heterocycles. The number of anilines is 2. The van der Waals surface area contributed by atoms with Gasteiger partial charge in [-0.1, -0.05) is 39.0 Å². The summed E-state index contributed by atoms with van der Waals surface area (Å²) in [7, 11) is 0. The number of thiazole rings is 1. The molecule has 0 bridgehead atoms. The molecular weight excluding hydrogens is 218 g/mol. The summed E-state index contributed by atoms with van der Waals surface area (Å²) in [5.74, 6) is 0.644. The summed E-state index contributed by atoms with van der Waals surface area (Å²) in [4.78, 5) is 6.81. The van der Waals surface area contributed by atoms with E-state index in [1.807, 2.05) is 0 Å². The van der Waals surface area contributed by atoms with E-state index in [-0.39, 0.29) is 0 Å². The molecule has 0 aliphatic rings. The minimum atomic E-state index is 0.577. The molecular formula is C12H23N3S. The van der Waals surface area contributed by atoms with Gasteiger partial charge in [-0.15, -0.1) is 0 Å². The summed E-state index contributed by atoms with van der Waals surface area (Å²) in [6.07, 6.45) is 4.07. The summed E-state index contributed by atoms with van der Waals surface area (Å²) in [5, 5.41) is 1.87. The van der Waals surface area contributed by atoms with Crippen LogP contribution in [0, 0.1) is 5.92 Å². The van der Waals surface area contributed by atoms with Gasteiger partial charge in [-0.05, 0) is 18.8 Å². The van der Waals surface area contributed by atoms with E-state index in [1.54, 1.807) is 17.5 Å². The molecule has 0 fully saturated rings. The van der Waals surface area contributed by atoms with Crippen LogP contribution in [0.2, 0.25) is 0 Å². The second-order valence-electron chi connectivity index (χ2n) is 4.56. The number of rotatable bonds is 6. The van der Waals surface area contributed by atoms with E-state index in [9.17, 15) is 0 Å². The van der Waals surface area contributed by atoms with Gasteiger partial charge in [-0.2, -0.15) is 0 Å². The van der Waals surface area contributed by atoms with Crippen molar-refractivity contribution in [3.8, 4) is 0 Å². The maximum Gasteiger partial charge on any atom is 0.187 e. The lowest BCUT2D eigenvalue weighted by Gasteiger charge is -2.31. The van der Waals surface area contributed by atoms with Crippen LogP contribution in [0.5, 0.6) is 0 Å². The molecule has 16 heavy (non-hydrogen) atoms. The smallest absolute Gasteiger partial charge is 0.187 e. The highest BCUT2D eigenvalue weighted by Gasteiger charge is 2.19. The highest BCUT2D eigenvalue weighted by molar-refractivity contribution is 7.19. The van der Waals surface area contributed by atoms with Gasteiger partial charge in [0.1, 0.15) is 5.00 Å². The molecule has 0 saturated carbocycles. The number of nitrogens with two attached hydrogens (primary N) is 1. The first-order chi connectivity index (χ1) is 7.58. The number of hydrogen-bond acceptors (Lipinski definition) is 4. The number of hydrogen-bond donors (Lipinski definition) is 1. The second-order valence-corrected chi connectivity index (χ2v) is 5.60. The molecule has 0 spiro atoms. The Labute approximate surface area is 103 Å². The molecule has 0 aromatic carbocycles. The summed E-state index contributed by atoms with van der Waals surface area (Å²) in [6.45, 7) is 10.0. The van der Waals surface area contributed by atoms with E-state index in [4.69, 9.17) is 5.73 Å². The molecule has 1 aromatic rings. The third kappa shape index (κ3) is 3.37. The fourth-order valence-corrected chi connectivity index (χ4v) is 2.68. The van der Waals surface area contributed by atoms with Crippen molar-refractivity contribution in [2.45, 2.75) is 46.6 Å². The lowest BCUT2D eigenvalue weighted by molar-refractivity contribution is 0.507. The van der Waals surface area contributed by atoms with E-state index in [0.29, 0.717) is 12.0 Å². The third-order valence-electron chi connectivity index (χ3n) is 2.70. The fraction of sp³-hybridized carbons (Fsp3) is 0.750. The van der Waals surface area contributed by atoms with E-state index >= 15 is 0 Å². The van der Waals surface area contributed by atoms with Crippen molar-refractivity contribution in [2.24, 2.45) is 5.92 Å². The second kappa shape index (κ2) is 6.09. The minimum absolute atomic E-state index is 0.577. The standard InChI is InChI=1S/C12H23N3S/c1-5-10(6-2)15(8-9(3)4)12-14-7-11(13)16-12/h7,9-10H,5-6,8,13H2,1-4H3. The lowest BCUT2D eigenvalue weighted by atomic mass is 10.1. The van der Waals surface area contributed by atoms with Crippen LogP contribution < -0.4 is 10.6 Å². The number of nitrogen functional groups attached to an aromatic ring is 1. The predicted octanol–water partition coefficient (Wildman–Crippen LogP) is 3.38. The van der Waals surface area contributed by atoms with Gasteiger partial charge in [0.25, 0.3) is 0 Å². The first-order valence-corrected chi connectivity index (χ1v) is 6.88. The summed E-state index contributed by atoms with van der Waals surface area (Å²) in [5.41, 5.74) is 5.76. The SMILES string of the molecule is CCC(CC)N(CC(C)C)c1ncc(N)s1. The molecule has 0 unspecified atom stereocenters. The first kappa shape index (κ1) is 13.3. The quantitative estimate of drug-likeness (QED) is 0.830. The summed E-state index contributed by atoms with van der Waals surface area (Å²) < 4.78 is 0. The summed E-state index contributed by atoms with van der Waals surface area (Å²) >= 11 is 1.59. The van der Waals surface area contributed by atoms with Gasteiger partial charge in [-0.25, -0.2) is 4.98 Å². The largest absolute Gasteiger partial charge is 0.389 e. The van der Waals surface area contributed by atoms with E-state index in [0.717, 1.165) is 29.5 Å². The first-order valence-electron chi connectivity index (χ1n) is 6.06. The van der Waals surface area contributed by atoms with E-state index < -0.39 is 0 Å². The van der Waals surface area contributed by atoms with Gasteiger partial charge in [0.05, 0.1) is 6.20 Å². The minimum Gasteiger partial charge on any atom is -0.389 e. The van der Waals surface area contributed by atoms with Crippen LogP contribution >= 0.6 is 11.3 Å². The average molecular weight is 241 g/mol. The Morgan fingerprint density at radius 1 is 1.38 bits per heavy atom. The average Bonchev–Trinajstić information content (AvgIpc) is 2.64.